The lowest BCUT2D eigenvalue weighted by Crippen LogP contribution is -2.28. The zero-order chi connectivity index (χ0) is 15.7. The standard InChI is InChI=1S/C17H15NO4/c1-10(19)21-16-8-6-12-13-4-3-9-18-15(13)7-5-14(12)17(16)22-11(2)20/h3-9,16-17H,1-2H3. The predicted molar refractivity (Wildman–Crippen MR) is 80.8 cm³/mol. The molecule has 0 saturated carbocycles. The molecule has 0 aliphatic heterocycles. The number of carbonyl (C=O) groups is 2. The minimum Gasteiger partial charge on any atom is -0.454 e. The van der Waals surface area contributed by atoms with Crippen LogP contribution in [0.2, 0.25) is 0 Å². The highest BCUT2D eigenvalue weighted by Gasteiger charge is 2.32. The molecule has 5 heteroatoms. The van der Waals surface area contributed by atoms with E-state index in [9.17, 15) is 9.59 Å². The topological polar surface area (TPSA) is 65.5 Å². The lowest BCUT2D eigenvalue weighted by Gasteiger charge is -2.29. The van der Waals surface area contributed by atoms with Crippen molar-refractivity contribution in [3.63, 3.8) is 0 Å². The third-order valence-electron chi connectivity index (χ3n) is 3.51. The van der Waals surface area contributed by atoms with E-state index in [2.05, 4.69) is 4.98 Å². The SMILES string of the molecule is CC(=O)OC1C=Cc2c(ccc3ncccc23)C1OC(C)=O. The summed E-state index contributed by atoms with van der Waals surface area (Å²) in [5, 5.41) is 0.967. The van der Waals surface area contributed by atoms with Crippen LogP contribution in [-0.2, 0) is 19.1 Å². The van der Waals surface area contributed by atoms with Gasteiger partial charge in [0.1, 0.15) is 0 Å². The molecule has 0 saturated heterocycles. The molecule has 112 valence electrons. The number of benzene rings is 1. The Kier molecular flexibility index (Phi) is 3.63. The van der Waals surface area contributed by atoms with Crippen molar-refractivity contribution in [2.24, 2.45) is 0 Å². The maximum atomic E-state index is 11.4. The highest BCUT2D eigenvalue weighted by Crippen LogP contribution is 2.36. The zero-order valence-corrected chi connectivity index (χ0v) is 12.3. The molecule has 2 atom stereocenters. The van der Waals surface area contributed by atoms with Gasteiger partial charge in [-0.1, -0.05) is 18.2 Å². The molecule has 0 radical (unpaired) electrons. The number of carbonyl (C=O) groups excluding carboxylic acids is 2. The molecule has 3 rings (SSSR count). The van der Waals surface area contributed by atoms with Crippen molar-refractivity contribution in [1.29, 1.82) is 0 Å². The number of fused-ring (bicyclic) bond motifs is 3. The van der Waals surface area contributed by atoms with E-state index >= 15 is 0 Å². The van der Waals surface area contributed by atoms with Gasteiger partial charge in [0, 0.05) is 31.0 Å². The van der Waals surface area contributed by atoms with Gasteiger partial charge in [0.25, 0.3) is 0 Å². The summed E-state index contributed by atoms with van der Waals surface area (Å²) >= 11 is 0. The van der Waals surface area contributed by atoms with Gasteiger partial charge in [0.05, 0.1) is 5.52 Å². The van der Waals surface area contributed by atoms with Gasteiger partial charge in [-0.3, -0.25) is 14.6 Å². The third kappa shape index (κ3) is 2.57. The lowest BCUT2D eigenvalue weighted by atomic mass is 9.90. The van der Waals surface area contributed by atoms with Crippen molar-refractivity contribution >= 4 is 28.9 Å². The first-order chi connectivity index (χ1) is 10.6. The van der Waals surface area contributed by atoms with Crippen molar-refractivity contribution in [2.75, 3.05) is 0 Å². The third-order valence-corrected chi connectivity index (χ3v) is 3.51. The van der Waals surface area contributed by atoms with Crippen LogP contribution in [0.15, 0.2) is 36.5 Å². The molecule has 1 aromatic carbocycles. The van der Waals surface area contributed by atoms with Crippen molar-refractivity contribution in [3.8, 4) is 0 Å². The molecule has 2 aromatic rings. The van der Waals surface area contributed by atoms with Crippen molar-refractivity contribution in [2.45, 2.75) is 26.1 Å². The van der Waals surface area contributed by atoms with Gasteiger partial charge < -0.3 is 9.47 Å². The molecule has 0 fully saturated rings. The van der Waals surface area contributed by atoms with Gasteiger partial charge in [0.15, 0.2) is 12.2 Å². The summed E-state index contributed by atoms with van der Waals surface area (Å²) in [5.41, 5.74) is 2.60. The van der Waals surface area contributed by atoms with Crippen LogP contribution >= 0.6 is 0 Å². The maximum Gasteiger partial charge on any atom is 0.303 e. The van der Waals surface area contributed by atoms with Gasteiger partial charge in [-0.25, -0.2) is 0 Å². The molecule has 1 aliphatic rings. The molecule has 1 heterocycles. The average molecular weight is 297 g/mol. The molecule has 0 bridgehead atoms. The van der Waals surface area contributed by atoms with E-state index in [1.165, 1.54) is 13.8 Å². The van der Waals surface area contributed by atoms with E-state index in [1.807, 2.05) is 30.3 Å². The van der Waals surface area contributed by atoms with E-state index in [-0.39, 0.29) is 0 Å². The summed E-state index contributed by atoms with van der Waals surface area (Å²) in [6, 6.07) is 7.55. The smallest absolute Gasteiger partial charge is 0.303 e. The fourth-order valence-electron chi connectivity index (χ4n) is 2.70. The predicted octanol–water partition coefficient (Wildman–Crippen LogP) is 2.80. The molecule has 1 aromatic heterocycles. The fourth-order valence-corrected chi connectivity index (χ4v) is 2.70. The highest BCUT2D eigenvalue weighted by atomic mass is 16.6. The van der Waals surface area contributed by atoms with Gasteiger partial charge in [-0.15, -0.1) is 0 Å². The maximum absolute atomic E-state index is 11.4. The average Bonchev–Trinajstić information content (AvgIpc) is 2.48. The number of hydrogen-bond donors (Lipinski definition) is 0. The summed E-state index contributed by atoms with van der Waals surface area (Å²) in [5.74, 6) is -0.840. The number of esters is 2. The number of aromatic nitrogens is 1. The van der Waals surface area contributed by atoms with Crippen molar-refractivity contribution in [1.82, 2.24) is 4.98 Å². The fraction of sp³-hybridized carbons (Fsp3) is 0.235. The zero-order valence-electron chi connectivity index (χ0n) is 12.3. The molecular formula is C17H15NO4. The Morgan fingerprint density at radius 2 is 1.86 bits per heavy atom. The number of hydrogen-bond acceptors (Lipinski definition) is 5. The number of ether oxygens (including phenoxy) is 2. The highest BCUT2D eigenvalue weighted by molar-refractivity contribution is 5.90. The van der Waals surface area contributed by atoms with Crippen LogP contribution in [0.4, 0.5) is 0 Å². The van der Waals surface area contributed by atoms with Crippen LogP contribution in [0.3, 0.4) is 0 Å². The first-order valence-electron chi connectivity index (χ1n) is 6.96. The molecule has 0 spiro atoms. The van der Waals surface area contributed by atoms with E-state index in [4.69, 9.17) is 9.47 Å². The summed E-state index contributed by atoms with van der Waals surface area (Å²) in [4.78, 5) is 27.0. The minimum absolute atomic E-state index is 0.419. The minimum atomic E-state index is -0.647. The second-order valence-corrected chi connectivity index (χ2v) is 5.10. The molecule has 5 nitrogen and oxygen atoms in total. The Labute approximate surface area is 127 Å². The second-order valence-electron chi connectivity index (χ2n) is 5.10. The van der Waals surface area contributed by atoms with Crippen LogP contribution in [0.25, 0.3) is 17.0 Å². The van der Waals surface area contributed by atoms with E-state index in [0.29, 0.717) is 0 Å². The largest absolute Gasteiger partial charge is 0.454 e. The van der Waals surface area contributed by atoms with Gasteiger partial charge >= 0.3 is 11.9 Å². The normalized spacial score (nSPS) is 19.5. The van der Waals surface area contributed by atoms with Gasteiger partial charge in [-0.05, 0) is 23.8 Å². The van der Waals surface area contributed by atoms with Gasteiger partial charge in [0.2, 0.25) is 0 Å². The number of pyridine rings is 1. The quantitative estimate of drug-likeness (QED) is 0.797. The molecule has 2 unspecified atom stereocenters. The molecule has 1 aliphatic carbocycles. The second kappa shape index (κ2) is 5.60. The van der Waals surface area contributed by atoms with E-state index in [0.717, 1.165) is 22.0 Å². The first-order valence-corrected chi connectivity index (χ1v) is 6.96. The van der Waals surface area contributed by atoms with E-state index < -0.39 is 24.1 Å². The van der Waals surface area contributed by atoms with Crippen LogP contribution < -0.4 is 0 Å². The Hall–Kier alpha value is -2.69. The monoisotopic (exact) mass is 297 g/mol. The molecular weight excluding hydrogens is 282 g/mol. The number of rotatable bonds is 2. The summed E-state index contributed by atoms with van der Waals surface area (Å²) in [6.45, 7) is 2.67. The Balaban J connectivity index is 2.12. The molecule has 0 N–H and O–H groups in total. The summed E-state index contributed by atoms with van der Waals surface area (Å²) < 4.78 is 10.6. The Morgan fingerprint density at radius 3 is 2.59 bits per heavy atom. The van der Waals surface area contributed by atoms with E-state index in [1.54, 1.807) is 12.3 Å². The van der Waals surface area contributed by atoms with Crippen LogP contribution in [0.1, 0.15) is 31.1 Å². The summed E-state index contributed by atoms with van der Waals surface area (Å²) in [6.07, 6.45) is 4.08. The Morgan fingerprint density at radius 1 is 1.09 bits per heavy atom. The lowest BCUT2D eigenvalue weighted by molar-refractivity contribution is -0.162. The van der Waals surface area contributed by atoms with Gasteiger partial charge in [-0.2, -0.15) is 0 Å². The number of nitrogens with zero attached hydrogens (tertiary/aromatic N) is 1. The first kappa shape index (κ1) is 14.3. The van der Waals surface area contributed by atoms with Crippen LogP contribution in [0.5, 0.6) is 0 Å². The summed E-state index contributed by atoms with van der Waals surface area (Å²) in [7, 11) is 0. The van der Waals surface area contributed by atoms with Crippen LogP contribution in [-0.4, -0.2) is 23.0 Å². The van der Waals surface area contributed by atoms with Crippen LogP contribution in [0, 0.1) is 0 Å². The molecule has 0 amide bonds. The Bertz CT molecular complexity index is 781. The van der Waals surface area contributed by atoms with Crippen molar-refractivity contribution < 1.29 is 19.1 Å². The van der Waals surface area contributed by atoms with Crippen molar-refractivity contribution in [3.05, 3.63) is 47.7 Å². The molecule has 22 heavy (non-hydrogen) atoms.